The number of benzene rings is 2. The second kappa shape index (κ2) is 8.26. The van der Waals surface area contributed by atoms with Gasteiger partial charge in [-0.1, -0.05) is 24.3 Å². The van der Waals surface area contributed by atoms with E-state index in [1.807, 2.05) is 77.1 Å². The Balaban J connectivity index is 1.76. The molecule has 1 atom stereocenters. The van der Waals surface area contributed by atoms with Gasteiger partial charge in [0.2, 0.25) is 5.95 Å². The van der Waals surface area contributed by atoms with Crippen molar-refractivity contribution in [2.75, 3.05) is 10.6 Å². The predicted molar refractivity (Wildman–Crippen MR) is 121 cm³/mol. The molecule has 2 aromatic carbocycles. The number of carbonyl (C=O) groups is 1. The van der Waals surface area contributed by atoms with Crippen molar-refractivity contribution in [1.29, 1.82) is 0 Å². The second-order valence-corrected chi connectivity index (χ2v) is 8.04. The average Bonchev–Trinajstić information content (AvgIpc) is 3.18. The molecule has 2 heterocycles. The van der Waals surface area contributed by atoms with Crippen LogP contribution >= 0.6 is 0 Å². The number of anilines is 2. The summed E-state index contributed by atoms with van der Waals surface area (Å²) in [6.07, 6.45) is 1.54. The van der Waals surface area contributed by atoms with E-state index in [9.17, 15) is 4.79 Å². The SMILES string of the molecule is CC1=C(C(=O)Nc2cccc(C)c2C)C(c2cccc(OC(C)C)c2)n2ncnc2N1. The zero-order chi connectivity index (χ0) is 22.1. The van der Waals surface area contributed by atoms with Crippen molar-refractivity contribution >= 4 is 17.5 Å². The molecule has 1 aliphatic rings. The molecule has 1 unspecified atom stereocenters. The van der Waals surface area contributed by atoms with E-state index >= 15 is 0 Å². The number of rotatable bonds is 5. The molecule has 0 fully saturated rings. The first-order valence-electron chi connectivity index (χ1n) is 10.4. The van der Waals surface area contributed by atoms with Gasteiger partial charge in [-0.25, -0.2) is 4.68 Å². The lowest BCUT2D eigenvalue weighted by Crippen LogP contribution is -2.31. The van der Waals surface area contributed by atoms with Crippen LogP contribution in [-0.2, 0) is 4.79 Å². The van der Waals surface area contributed by atoms with Gasteiger partial charge in [-0.05, 0) is 69.5 Å². The summed E-state index contributed by atoms with van der Waals surface area (Å²) >= 11 is 0. The summed E-state index contributed by atoms with van der Waals surface area (Å²) in [7, 11) is 0. The minimum absolute atomic E-state index is 0.0505. The molecule has 0 saturated carbocycles. The Hall–Kier alpha value is -3.61. The molecular formula is C24H27N5O2. The molecule has 3 aromatic rings. The third-order valence-electron chi connectivity index (χ3n) is 5.44. The predicted octanol–water partition coefficient (Wildman–Crippen LogP) is 4.61. The van der Waals surface area contributed by atoms with Gasteiger partial charge in [-0.15, -0.1) is 0 Å². The van der Waals surface area contributed by atoms with Gasteiger partial charge >= 0.3 is 0 Å². The molecule has 31 heavy (non-hydrogen) atoms. The second-order valence-electron chi connectivity index (χ2n) is 8.04. The maximum atomic E-state index is 13.5. The van der Waals surface area contributed by atoms with Crippen LogP contribution in [-0.4, -0.2) is 26.8 Å². The smallest absolute Gasteiger partial charge is 0.255 e. The summed E-state index contributed by atoms with van der Waals surface area (Å²) in [6.45, 7) is 9.89. The Kier molecular flexibility index (Phi) is 5.50. The fraction of sp³-hybridized carbons (Fsp3) is 0.292. The number of hydrogen-bond acceptors (Lipinski definition) is 5. The fourth-order valence-corrected chi connectivity index (χ4v) is 3.80. The molecule has 7 heteroatoms. The van der Waals surface area contributed by atoms with Gasteiger partial charge in [-0.2, -0.15) is 10.1 Å². The van der Waals surface area contributed by atoms with Crippen molar-refractivity contribution < 1.29 is 9.53 Å². The molecule has 0 spiro atoms. The quantitative estimate of drug-likeness (QED) is 0.634. The van der Waals surface area contributed by atoms with Gasteiger partial charge in [0.15, 0.2) is 0 Å². The number of fused-ring (bicyclic) bond motifs is 1. The van der Waals surface area contributed by atoms with Crippen LogP contribution in [0.2, 0.25) is 0 Å². The van der Waals surface area contributed by atoms with E-state index in [2.05, 4.69) is 20.7 Å². The van der Waals surface area contributed by atoms with Crippen molar-refractivity contribution in [3.05, 3.63) is 76.8 Å². The van der Waals surface area contributed by atoms with Crippen LogP contribution in [0.15, 0.2) is 60.1 Å². The number of allylic oxidation sites excluding steroid dienone is 1. The molecule has 160 valence electrons. The summed E-state index contributed by atoms with van der Waals surface area (Å²) in [5.74, 6) is 1.17. The molecule has 7 nitrogen and oxygen atoms in total. The number of nitrogens with one attached hydrogen (secondary N) is 2. The number of amides is 1. The van der Waals surface area contributed by atoms with Crippen molar-refractivity contribution in [2.24, 2.45) is 0 Å². The standard InChI is InChI=1S/C24H27N5O2/c1-14(2)31-19-10-7-9-18(12-19)22-21(17(5)27-24-25-13-26-29(22)24)23(30)28-20-11-6-8-15(3)16(20)4/h6-14,22H,1-5H3,(H,28,30)(H,25,26,27). The van der Waals surface area contributed by atoms with Gasteiger partial charge in [-0.3, -0.25) is 4.79 Å². The summed E-state index contributed by atoms with van der Waals surface area (Å²) in [4.78, 5) is 17.8. The van der Waals surface area contributed by atoms with E-state index in [0.29, 0.717) is 11.5 Å². The fourth-order valence-electron chi connectivity index (χ4n) is 3.80. The van der Waals surface area contributed by atoms with Crippen LogP contribution in [0.25, 0.3) is 0 Å². The number of aromatic nitrogens is 3. The largest absolute Gasteiger partial charge is 0.491 e. The van der Waals surface area contributed by atoms with E-state index in [1.165, 1.54) is 6.33 Å². The molecule has 0 bridgehead atoms. The van der Waals surface area contributed by atoms with E-state index in [-0.39, 0.29) is 12.0 Å². The molecule has 1 aliphatic heterocycles. The zero-order valence-corrected chi connectivity index (χ0v) is 18.4. The van der Waals surface area contributed by atoms with Crippen LogP contribution in [0.3, 0.4) is 0 Å². The Morgan fingerprint density at radius 1 is 1.16 bits per heavy atom. The molecule has 1 aromatic heterocycles. The lowest BCUT2D eigenvalue weighted by atomic mass is 9.94. The van der Waals surface area contributed by atoms with Gasteiger partial charge in [0.05, 0.1) is 11.7 Å². The highest BCUT2D eigenvalue weighted by molar-refractivity contribution is 6.06. The number of nitrogens with zero attached hydrogens (tertiary/aromatic N) is 3. The molecule has 4 rings (SSSR count). The van der Waals surface area contributed by atoms with E-state index in [1.54, 1.807) is 4.68 Å². The summed E-state index contributed by atoms with van der Waals surface area (Å²) in [5.41, 5.74) is 5.19. The van der Waals surface area contributed by atoms with Crippen LogP contribution in [0.1, 0.15) is 43.5 Å². The van der Waals surface area contributed by atoms with Crippen molar-refractivity contribution in [3.8, 4) is 5.75 Å². The highest BCUT2D eigenvalue weighted by Gasteiger charge is 2.33. The first-order valence-corrected chi connectivity index (χ1v) is 10.4. The van der Waals surface area contributed by atoms with E-state index < -0.39 is 6.04 Å². The lowest BCUT2D eigenvalue weighted by molar-refractivity contribution is -0.113. The Bertz CT molecular complexity index is 1160. The summed E-state index contributed by atoms with van der Waals surface area (Å²) in [6, 6.07) is 13.2. The molecular weight excluding hydrogens is 390 g/mol. The van der Waals surface area contributed by atoms with Crippen molar-refractivity contribution in [1.82, 2.24) is 14.8 Å². The third-order valence-corrected chi connectivity index (χ3v) is 5.44. The summed E-state index contributed by atoms with van der Waals surface area (Å²) < 4.78 is 7.62. The van der Waals surface area contributed by atoms with Crippen molar-refractivity contribution in [3.63, 3.8) is 0 Å². The Labute approximate surface area is 182 Å². The monoisotopic (exact) mass is 417 g/mol. The van der Waals surface area contributed by atoms with E-state index in [0.717, 1.165) is 33.8 Å². The molecule has 0 saturated heterocycles. The minimum atomic E-state index is -0.431. The topological polar surface area (TPSA) is 81.1 Å². The zero-order valence-electron chi connectivity index (χ0n) is 18.4. The first kappa shape index (κ1) is 20.7. The highest BCUT2D eigenvalue weighted by Crippen LogP contribution is 2.36. The van der Waals surface area contributed by atoms with Gasteiger partial charge in [0.25, 0.3) is 5.91 Å². The molecule has 1 amide bonds. The highest BCUT2D eigenvalue weighted by atomic mass is 16.5. The number of hydrogen-bond donors (Lipinski definition) is 2. The van der Waals surface area contributed by atoms with Gasteiger partial charge in [0, 0.05) is 11.4 Å². The van der Waals surface area contributed by atoms with Crippen LogP contribution in [0.5, 0.6) is 5.75 Å². The number of aryl methyl sites for hydroxylation is 1. The molecule has 0 radical (unpaired) electrons. The maximum absolute atomic E-state index is 13.5. The van der Waals surface area contributed by atoms with Crippen LogP contribution in [0.4, 0.5) is 11.6 Å². The number of carbonyl (C=O) groups excluding carboxylic acids is 1. The van der Waals surface area contributed by atoms with Gasteiger partial charge in [0.1, 0.15) is 18.1 Å². The van der Waals surface area contributed by atoms with Crippen LogP contribution in [0, 0.1) is 13.8 Å². The third kappa shape index (κ3) is 4.03. The number of ether oxygens (including phenoxy) is 1. The lowest BCUT2D eigenvalue weighted by Gasteiger charge is -2.29. The summed E-state index contributed by atoms with van der Waals surface area (Å²) in [5, 5.41) is 10.7. The molecule has 0 aliphatic carbocycles. The molecule has 2 N–H and O–H groups in total. The van der Waals surface area contributed by atoms with Crippen LogP contribution < -0.4 is 15.4 Å². The normalized spacial score (nSPS) is 15.5. The average molecular weight is 418 g/mol. The minimum Gasteiger partial charge on any atom is -0.491 e. The Morgan fingerprint density at radius 2 is 1.94 bits per heavy atom. The first-order chi connectivity index (χ1) is 14.8. The maximum Gasteiger partial charge on any atom is 0.255 e. The van der Waals surface area contributed by atoms with Gasteiger partial charge < -0.3 is 15.4 Å². The van der Waals surface area contributed by atoms with E-state index in [4.69, 9.17) is 4.74 Å². The Morgan fingerprint density at radius 3 is 2.71 bits per heavy atom. The van der Waals surface area contributed by atoms with Crippen molar-refractivity contribution in [2.45, 2.75) is 46.8 Å².